The van der Waals surface area contributed by atoms with Gasteiger partial charge in [0.15, 0.2) is 0 Å². The smallest absolute Gasteiger partial charge is 0.241 e. The Balaban J connectivity index is 2.42. The van der Waals surface area contributed by atoms with Gasteiger partial charge in [-0.05, 0) is 68.0 Å². The van der Waals surface area contributed by atoms with E-state index in [-0.39, 0.29) is 12.0 Å². The molecule has 0 aliphatic heterocycles. The molecule has 0 fully saturated rings. The molecule has 26 heavy (non-hydrogen) atoms. The molecule has 0 bridgehead atoms. The third-order valence-corrected chi connectivity index (χ3v) is 6.35. The van der Waals surface area contributed by atoms with Crippen LogP contribution in [-0.4, -0.2) is 15.5 Å². The van der Waals surface area contributed by atoms with Gasteiger partial charge in [-0.15, -0.1) is 0 Å². The van der Waals surface area contributed by atoms with Gasteiger partial charge in [0.05, 0.1) is 12.0 Å². The van der Waals surface area contributed by atoms with Crippen LogP contribution >= 0.6 is 0 Å². The minimum absolute atomic E-state index is 0.163. The SMILES string of the molecule is COc1cc(C)c(S(=O)(=O)NC(C)c2ccc(C)cc2C)cc1C(C)C. The van der Waals surface area contributed by atoms with Crippen molar-refractivity contribution in [1.82, 2.24) is 4.72 Å². The molecule has 0 saturated heterocycles. The van der Waals surface area contributed by atoms with Crippen molar-refractivity contribution in [3.63, 3.8) is 0 Å². The fourth-order valence-electron chi connectivity index (χ4n) is 3.27. The third kappa shape index (κ3) is 4.27. The van der Waals surface area contributed by atoms with Gasteiger partial charge in [-0.3, -0.25) is 0 Å². The van der Waals surface area contributed by atoms with Gasteiger partial charge < -0.3 is 4.74 Å². The van der Waals surface area contributed by atoms with Gasteiger partial charge in [0.1, 0.15) is 5.75 Å². The molecule has 0 heterocycles. The largest absolute Gasteiger partial charge is 0.496 e. The summed E-state index contributed by atoms with van der Waals surface area (Å²) in [5.41, 5.74) is 4.78. The molecule has 1 atom stereocenters. The molecule has 1 unspecified atom stereocenters. The Hall–Kier alpha value is -1.85. The highest BCUT2D eigenvalue weighted by Gasteiger charge is 2.23. The van der Waals surface area contributed by atoms with Crippen LogP contribution in [0.4, 0.5) is 0 Å². The van der Waals surface area contributed by atoms with Gasteiger partial charge in [-0.1, -0.05) is 37.6 Å². The average molecular weight is 376 g/mol. The summed E-state index contributed by atoms with van der Waals surface area (Å²) in [5, 5.41) is 0. The highest BCUT2D eigenvalue weighted by atomic mass is 32.2. The predicted molar refractivity (Wildman–Crippen MR) is 106 cm³/mol. The lowest BCUT2D eigenvalue weighted by Gasteiger charge is -2.20. The third-order valence-electron chi connectivity index (χ3n) is 4.66. The lowest BCUT2D eigenvalue weighted by atomic mass is 10.0. The van der Waals surface area contributed by atoms with E-state index in [2.05, 4.69) is 10.8 Å². The zero-order chi connectivity index (χ0) is 19.6. The van der Waals surface area contributed by atoms with Crippen LogP contribution in [0.15, 0.2) is 35.2 Å². The predicted octanol–water partition coefficient (Wildman–Crippen LogP) is 4.78. The topological polar surface area (TPSA) is 55.4 Å². The summed E-state index contributed by atoms with van der Waals surface area (Å²) in [4.78, 5) is 0.304. The van der Waals surface area contributed by atoms with Crippen LogP contribution in [0, 0.1) is 20.8 Å². The summed E-state index contributed by atoms with van der Waals surface area (Å²) in [5.74, 6) is 0.884. The Labute approximate surface area is 157 Å². The lowest BCUT2D eigenvalue weighted by Crippen LogP contribution is -2.28. The Morgan fingerprint density at radius 2 is 1.58 bits per heavy atom. The van der Waals surface area contributed by atoms with E-state index in [4.69, 9.17) is 4.74 Å². The van der Waals surface area contributed by atoms with Gasteiger partial charge >= 0.3 is 0 Å². The minimum Gasteiger partial charge on any atom is -0.496 e. The molecule has 0 aromatic heterocycles. The quantitative estimate of drug-likeness (QED) is 0.790. The molecule has 5 heteroatoms. The van der Waals surface area contributed by atoms with Crippen LogP contribution in [0.3, 0.4) is 0 Å². The van der Waals surface area contributed by atoms with Crippen LogP contribution in [-0.2, 0) is 10.0 Å². The van der Waals surface area contributed by atoms with Crippen LogP contribution in [0.1, 0.15) is 60.5 Å². The fraction of sp³-hybridized carbons (Fsp3) is 0.429. The first-order valence-electron chi connectivity index (χ1n) is 8.84. The highest BCUT2D eigenvalue weighted by Crippen LogP contribution is 2.32. The van der Waals surface area contributed by atoms with E-state index in [1.165, 1.54) is 0 Å². The normalized spacial score (nSPS) is 13.1. The zero-order valence-electron chi connectivity index (χ0n) is 16.7. The lowest BCUT2D eigenvalue weighted by molar-refractivity contribution is 0.406. The molecular weight excluding hydrogens is 346 g/mol. The number of sulfonamides is 1. The van der Waals surface area contributed by atoms with Gasteiger partial charge in [-0.25, -0.2) is 13.1 Å². The summed E-state index contributed by atoms with van der Waals surface area (Å²) < 4.78 is 34.3. The molecular formula is C21H29NO3S. The van der Waals surface area contributed by atoms with E-state index >= 15 is 0 Å². The van der Waals surface area contributed by atoms with E-state index < -0.39 is 10.0 Å². The second kappa shape index (κ2) is 7.80. The molecule has 142 valence electrons. The van der Waals surface area contributed by atoms with Crippen molar-refractivity contribution in [2.24, 2.45) is 0 Å². The molecule has 2 rings (SSSR count). The first-order chi connectivity index (χ1) is 12.1. The van der Waals surface area contributed by atoms with E-state index in [1.54, 1.807) is 26.2 Å². The van der Waals surface area contributed by atoms with Crippen molar-refractivity contribution in [2.75, 3.05) is 7.11 Å². The summed E-state index contributed by atoms with van der Waals surface area (Å²) in [7, 11) is -2.05. The molecule has 4 nitrogen and oxygen atoms in total. The summed E-state index contributed by atoms with van der Waals surface area (Å²) in [6.45, 7) is 11.7. The second-order valence-electron chi connectivity index (χ2n) is 7.22. The van der Waals surface area contributed by atoms with Gasteiger partial charge in [0.25, 0.3) is 0 Å². The standard InChI is InChI=1S/C21H29NO3S/c1-13(2)19-12-21(16(5)11-20(19)25-7)26(23,24)22-17(6)18-9-8-14(3)10-15(18)4/h8-13,17,22H,1-7H3. The van der Waals surface area contributed by atoms with E-state index in [0.717, 1.165) is 28.0 Å². The highest BCUT2D eigenvalue weighted by molar-refractivity contribution is 7.89. The summed E-state index contributed by atoms with van der Waals surface area (Å²) in [6.07, 6.45) is 0. The number of ether oxygens (including phenoxy) is 1. The molecule has 2 aromatic carbocycles. The summed E-state index contributed by atoms with van der Waals surface area (Å²) >= 11 is 0. The van der Waals surface area contributed by atoms with Crippen LogP contribution in [0.5, 0.6) is 5.75 Å². The second-order valence-corrected chi connectivity index (χ2v) is 8.90. The fourth-order valence-corrected chi connectivity index (χ4v) is 4.75. The number of benzene rings is 2. The van der Waals surface area contributed by atoms with Crippen molar-refractivity contribution in [3.05, 3.63) is 58.1 Å². The molecule has 0 spiro atoms. The number of nitrogens with one attached hydrogen (secondary N) is 1. The monoisotopic (exact) mass is 375 g/mol. The molecule has 0 aliphatic rings. The van der Waals surface area contributed by atoms with Crippen molar-refractivity contribution in [3.8, 4) is 5.75 Å². The molecule has 0 amide bonds. The van der Waals surface area contributed by atoms with Gasteiger partial charge in [-0.2, -0.15) is 0 Å². The summed E-state index contributed by atoms with van der Waals surface area (Å²) in [6, 6.07) is 9.27. The van der Waals surface area contributed by atoms with Crippen LogP contribution in [0.25, 0.3) is 0 Å². The van der Waals surface area contributed by atoms with Crippen LogP contribution in [0.2, 0.25) is 0 Å². The molecule has 0 aliphatic carbocycles. The molecule has 2 aromatic rings. The minimum atomic E-state index is -3.65. The Morgan fingerprint density at radius 1 is 0.923 bits per heavy atom. The number of aryl methyl sites for hydroxylation is 3. The Kier molecular flexibility index (Phi) is 6.14. The van der Waals surface area contributed by atoms with E-state index in [1.807, 2.05) is 46.8 Å². The number of hydrogen-bond donors (Lipinski definition) is 1. The molecule has 0 saturated carbocycles. The zero-order valence-corrected chi connectivity index (χ0v) is 17.5. The van der Waals surface area contributed by atoms with Crippen molar-refractivity contribution >= 4 is 10.0 Å². The van der Waals surface area contributed by atoms with Crippen molar-refractivity contribution in [1.29, 1.82) is 0 Å². The molecule has 1 N–H and O–H groups in total. The van der Waals surface area contributed by atoms with Crippen molar-refractivity contribution < 1.29 is 13.2 Å². The van der Waals surface area contributed by atoms with Gasteiger partial charge in [0, 0.05) is 6.04 Å². The van der Waals surface area contributed by atoms with Gasteiger partial charge in [0.2, 0.25) is 10.0 Å². The maximum Gasteiger partial charge on any atom is 0.241 e. The maximum atomic E-state index is 13.0. The first-order valence-corrected chi connectivity index (χ1v) is 10.3. The number of hydrogen-bond acceptors (Lipinski definition) is 3. The number of methoxy groups -OCH3 is 1. The van der Waals surface area contributed by atoms with E-state index in [0.29, 0.717) is 10.5 Å². The Morgan fingerprint density at radius 3 is 2.12 bits per heavy atom. The maximum absolute atomic E-state index is 13.0. The first kappa shape index (κ1) is 20.5. The van der Waals surface area contributed by atoms with Crippen LogP contribution < -0.4 is 9.46 Å². The van der Waals surface area contributed by atoms with E-state index in [9.17, 15) is 8.42 Å². The van der Waals surface area contributed by atoms with Crippen molar-refractivity contribution in [2.45, 2.75) is 58.4 Å². The molecule has 0 radical (unpaired) electrons. The number of rotatable bonds is 6. The average Bonchev–Trinajstić information content (AvgIpc) is 2.53. The Bertz CT molecular complexity index is 902.